The number of rotatable bonds is 0. The van der Waals surface area contributed by atoms with E-state index in [-0.39, 0.29) is 0 Å². The van der Waals surface area contributed by atoms with Crippen molar-refractivity contribution in [1.29, 1.82) is 0 Å². The Labute approximate surface area is 64.6 Å². The van der Waals surface area contributed by atoms with Gasteiger partial charge in [0.2, 0.25) is 0 Å². The first-order valence-electron chi connectivity index (χ1n) is 3.54. The molecule has 56 valence electrons. The molecule has 2 aromatic rings. The van der Waals surface area contributed by atoms with Crippen LogP contribution in [0.2, 0.25) is 0 Å². The summed E-state index contributed by atoms with van der Waals surface area (Å²) in [4.78, 5) is 0. The lowest BCUT2D eigenvalue weighted by atomic mass is 10.2. The van der Waals surface area contributed by atoms with Crippen molar-refractivity contribution in [3.05, 3.63) is 23.8 Å². The van der Waals surface area contributed by atoms with Crippen molar-refractivity contribution < 1.29 is 0 Å². The first-order chi connectivity index (χ1) is 5.29. The van der Waals surface area contributed by atoms with E-state index in [4.69, 9.17) is 0 Å². The summed E-state index contributed by atoms with van der Waals surface area (Å²) >= 11 is 0. The van der Waals surface area contributed by atoms with Gasteiger partial charge >= 0.3 is 0 Å². The molecule has 0 aliphatic heterocycles. The minimum atomic E-state index is 0.965. The van der Waals surface area contributed by atoms with Gasteiger partial charge in [0.15, 0.2) is 0 Å². The quantitative estimate of drug-likeness (QED) is 0.562. The van der Waals surface area contributed by atoms with Gasteiger partial charge in [-0.3, -0.25) is 0 Å². The average molecular weight is 147 g/mol. The second-order valence-corrected chi connectivity index (χ2v) is 2.66. The number of para-hydroxylation sites is 1. The number of nitrogens with zero attached hydrogens (tertiary/aromatic N) is 3. The van der Waals surface area contributed by atoms with Crippen molar-refractivity contribution in [2.75, 3.05) is 0 Å². The molecule has 0 atom stereocenters. The van der Waals surface area contributed by atoms with Crippen LogP contribution in [-0.2, 0) is 7.05 Å². The maximum absolute atomic E-state index is 3.99. The van der Waals surface area contributed by atoms with Crippen LogP contribution in [0.1, 0.15) is 5.56 Å². The molecule has 1 aromatic heterocycles. The van der Waals surface area contributed by atoms with Crippen LogP contribution in [0.3, 0.4) is 0 Å². The van der Waals surface area contributed by atoms with E-state index in [0.717, 1.165) is 11.0 Å². The molecule has 1 aromatic carbocycles. The lowest BCUT2D eigenvalue weighted by Gasteiger charge is -1.94. The van der Waals surface area contributed by atoms with E-state index in [1.54, 1.807) is 4.68 Å². The maximum Gasteiger partial charge on any atom is 0.113 e. The predicted molar refractivity (Wildman–Crippen MR) is 43.2 cm³/mol. The van der Waals surface area contributed by atoms with Gasteiger partial charge in [-0.25, -0.2) is 4.68 Å². The van der Waals surface area contributed by atoms with Crippen molar-refractivity contribution >= 4 is 11.0 Å². The molecule has 0 radical (unpaired) electrons. The molecule has 0 aliphatic rings. The standard InChI is InChI=1S/C8H9N3/c1-6-4-3-5-7-8(6)11(2)10-9-7/h3-5H,1-2H3. The van der Waals surface area contributed by atoms with E-state index in [9.17, 15) is 0 Å². The van der Waals surface area contributed by atoms with Crippen LogP contribution in [0.5, 0.6) is 0 Å². The minimum Gasteiger partial charge on any atom is -0.247 e. The zero-order valence-corrected chi connectivity index (χ0v) is 6.57. The molecule has 1 heterocycles. The number of benzene rings is 1. The van der Waals surface area contributed by atoms with Crippen LogP contribution < -0.4 is 0 Å². The monoisotopic (exact) mass is 147 g/mol. The van der Waals surface area contributed by atoms with Gasteiger partial charge in [-0.1, -0.05) is 17.3 Å². The van der Waals surface area contributed by atoms with Gasteiger partial charge in [0, 0.05) is 7.05 Å². The molecule has 0 fully saturated rings. The predicted octanol–water partition coefficient (Wildman–Crippen LogP) is 1.28. The van der Waals surface area contributed by atoms with E-state index >= 15 is 0 Å². The number of fused-ring (bicyclic) bond motifs is 1. The Morgan fingerprint density at radius 3 is 2.91 bits per heavy atom. The van der Waals surface area contributed by atoms with E-state index in [1.807, 2.05) is 19.2 Å². The van der Waals surface area contributed by atoms with Crippen LogP contribution in [0.25, 0.3) is 11.0 Å². The highest BCUT2D eigenvalue weighted by Gasteiger charge is 2.01. The molecule has 0 saturated heterocycles. The first kappa shape index (κ1) is 6.34. The molecule has 11 heavy (non-hydrogen) atoms. The van der Waals surface area contributed by atoms with Crippen molar-refractivity contribution in [1.82, 2.24) is 15.0 Å². The Morgan fingerprint density at radius 1 is 1.36 bits per heavy atom. The zero-order chi connectivity index (χ0) is 7.84. The fourth-order valence-electron chi connectivity index (χ4n) is 1.31. The summed E-state index contributed by atoms with van der Waals surface area (Å²) in [6.07, 6.45) is 0. The summed E-state index contributed by atoms with van der Waals surface area (Å²) in [6.45, 7) is 2.06. The summed E-state index contributed by atoms with van der Waals surface area (Å²) in [5, 5.41) is 7.92. The fourth-order valence-corrected chi connectivity index (χ4v) is 1.31. The lowest BCUT2D eigenvalue weighted by molar-refractivity contribution is 0.735. The molecule has 3 heteroatoms. The molecule has 0 saturated carbocycles. The van der Waals surface area contributed by atoms with Gasteiger partial charge < -0.3 is 0 Å². The first-order valence-corrected chi connectivity index (χ1v) is 3.54. The maximum atomic E-state index is 3.99. The van der Waals surface area contributed by atoms with Gasteiger partial charge in [-0.15, -0.1) is 5.10 Å². The van der Waals surface area contributed by atoms with E-state index < -0.39 is 0 Å². The number of hydrogen-bond acceptors (Lipinski definition) is 2. The van der Waals surface area contributed by atoms with Crippen LogP contribution in [-0.4, -0.2) is 15.0 Å². The van der Waals surface area contributed by atoms with E-state index in [0.29, 0.717) is 0 Å². The van der Waals surface area contributed by atoms with Gasteiger partial charge in [0.25, 0.3) is 0 Å². The molecule has 0 bridgehead atoms. The Hall–Kier alpha value is -1.38. The van der Waals surface area contributed by atoms with Gasteiger partial charge in [-0.2, -0.15) is 0 Å². The van der Waals surface area contributed by atoms with Gasteiger partial charge in [-0.05, 0) is 18.6 Å². The summed E-state index contributed by atoms with van der Waals surface area (Å²) in [6, 6.07) is 6.02. The van der Waals surface area contributed by atoms with Crippen molar-refractivity contribution in [2.45, 2.75) is 6.92 Å². The fraction of sp³-hybridized carbons (Fsp3) is 0.250. The van der Waals surface area contributed by atoms with Crippen LogP contribution in [0.15, 0.2) is 18.2 Å². The highest BCUT2D eigenvalue weighted by atomic mass is 15.4. The van der Waals surface area contributed by atoms with Gasteiger partial charge in [0.05, 0.1) is 5.52 Å². The Kier molecular flexibility index (Phi) is 1.18. The second kappa shape index (κ2) is 2.05. The number of hydrogen-bond donors (Lipinski definition) is 0. The molecule has 0 unspecified atom stereocenters. The summed E-state index contributed by atoms with van der Waals surface area (Å²) in [7, 11) is 1.91. The molecular weight excluding hydrogens is 138 g/mol. The highest BCUT2D eigenvalue weighted by Crippen LogP contribution is 2.13. The summed E-state index contributed by atoms with van der Waals surface area (Å²) in [5.41, 5.74) is 3.30. The third kappa shape index (κ3) is 0.808. The van der Waals surface area contributed by atoms with Crippen LogP contribution >= 0.6 is 0 Å². The smallest absolute Gasteiger partial charge is 0.113 e. The van der Waals surface area contributed by atoms with Crippen molar-refractivity contribution in [3.63, 3.8) is 0 Å². The normalized spacial score (nSPS) is 10.7. The Morgan fingerprint density at radius 2 is 2.18 bits per heavy atom. The SMILES string of the molecule is Cc1cccc2nnn(C)c12. The summed E-state index contributed by atoms with van der Waals surface area (Å²) in [5.74, 6) is 0. The molecule has 0 amide bonds. The zero-order valence-electron chi connectivity index (χ0n) is 6.57. The van der Waals surface area contributed by atoms with Crippen LogP contribution in [0, 0.1) is 6.92 Å². The van der Waals surface area contributed by atoms with E-state index in [2.05, 4.69) is 23.3 Å². The molecule has 3 nitrogen and oxygen atoms in total. The second-order valence-electron chi connectivity index (χ2n) is 2.66. The topological polar surface area (TPSA) is 30.7 Å². The third-order valence-electron chi connectivity index (χ3n) is 1.83. The van der Waals surface area contributed by atoms with Crippen LogP contribution in [0.4, 0.5) is 0 Å². The van der Waals surface area contributed by atoms with Crippen molar-refractivity contribution in [3.8, 4) is 0 Å². The average Bonchev–Trinajstić information content (AvgIpc) is 2.34. The molecular formula is C8H9N3. The largest absolute Gasteiger partial charge is 0.247 e. The summed E-state index contributed by atoms with van der Waals surface area (Å²) < 4.78 is 1.80. The molecule has 0 N–H and O–H groups in total. The highest BCUT2D eigenvalue weighted by molar-refractivity contribution is 5.77. The lowest BCUT2D eigenvalue weighted by Crippen LogP contribution is -1.90. The van der Waals surface area contributed by atoms with E-state index in [1.165, 1.54) is 5.56 Å². The van der Waals surface area contributed by atoms with Gasteiger partial charge in [0.1, 0.15) is 5.52 Å². The molecule has 2 rings (SSSR count). The number of aryl methyl sites for hydroxylation is 2. The van der Waals surface area contributed by atoms with Crippen molar-refractivity contribution in [2.24, 2.45) is 7.05 Å². The Bertz CT molecular complexity index is 389. The third-order valence-corrected chi connectivity index (χ3v) is 1.83. The minimum absolute atomic E-state index is 0.965. The number of aromatic nitrogens is 3. The molecule has 0 aliphatic carbocycles. The Balaban J connectivity index is 2.96. The molecule has 0 spiro atoms.